The van der Waals surface area contributed by atoms with Crippen LogP contribution in [0.2, 0.25) is 0 Å². The Morgan fingerprint density at radius 1 is 1.07 bits per heavy atom. The van der Waals surface area contributed by atoms with Crippen LogP contribution < -0.4 is 10.1 Å². The number of amides is 1. The highest BCUT2D eigenvalue weighted by Crippen LogP contribution is 2.36. The lowest BCUT2D eigenvalue weighted by Gasteiger charge is -2.17. The number of carbonyl (C=O) groups excluding carboxylic acids is 1. The molecule has 1 atom stereocenters. The second kappa shape index (κ2) is 8.54. The molecule has 2 heterocycles. The number of nitrogens with one attached hydrogen (secondary N) is 1. The van der Waals surface area contributed by atoms with E-state index in [9.17, 15) is 4.79 Å². The number of carbonyl (C=O) groups is 1. The van der Waals surface area contributed by atoms with Crippen molar-refractivity contribution in [3.63, 3.8) is 0 Å². The fourth-order valence-corrected chi connectivity index (χ4v) is 4.28. The van der Waals surface area contributed by atoms with Gasteiger partial charge in [-0.15, -0.1) is 10.2 Å². The number of nitrogens with zero attached hydrogens (tertiary/aromatic N) is 4. The molecule has 0 bridgehead atoms. The van der Waals surface area contributed by atoms with Crippen LogP contribution >= 0.6 is 11.8 Å². The SMILES string of the molecule is COc1cccc(NC(=O)C(Sc2nnc3cc(C)nc(C)n23)c2ccccc2)c1. The van der Waals surface area contributed by atoms with Crippen molar-refractivity contribution in [3.05, 3.63) is 77.7 Å². The van der Waals surface area contributed by atoms with Crippen molar-refractivity contribution in [2.24, 2.45) is 0 Å². The number of thioether (sulfide) groups is 1. The van der Waals surface area contributed by atoms with E-state index in [2.05, 4.69) is 20.5 Å². The molecule has 0 saturated heterocycles. The van der Waals surface area contributed by atoms with Gasteiger partial charge >= 0.3 is 0 Å². The van der Waals surface area contributed by atoms with E-state index in [-0.39, 0.29) is 5.91 Å². The molecule has 0 radical (unpaired) electrons. The molecule has 4 rings (SSSR count). The molecule has 0 aliphatic rings. The number of aromatic nitrogens is 4. The highest BCUT2D eigenvalue weighted by atomic mass is 32.2. The van der Waals surface area contributed by atoms with E-state index in [1.807, 2.05) is 72.8 Å². The van der Waals surface area contributed by atoms with Crippen molar-refractivity contribution in [2.45, 2.75) is 24.3 Å². The molecule has 8 heteroatoms. The zero-order valence-corrected chi connectivity index (χ0v) is 17.7. The van der Waals surface area contributed by atoms with Gasteiger partial charge in [-0.2, -0.15) is 0 Å². The lowest BCUT2D eigenvalue weighted by atomic mass is 10.1. The Hall–Kier alpha value is -3.39. The second-order valence-electron chi connectivity index (χ2n) is 6.75. The van der Waals surface area contributed by atoms with Crippen LogP contribution in [0, 0.1) is 13.8 Å². The first-order chi connectivity index (χ1) is 14.5. The first kappa shape index (κ1) is 19.9. The minimum Gasteiger partial charge on any atom is -0.497 e. The second-order valence-corrected chi connectivity index (χ2v) is 7.82. The number of methoxy groups -OCH3 is 1. The van der Waals surface area contributed by atoms with Crippen molar-refractivity contribution >= 4 is 29.0 Å². The number of hydrogen-bond acceptors (Lipinski definition) is 6. The van der Waals surface area contributed by atoms with Gasteiger partial charge in [0.05, 0.1) is 7.11 Å². The Labute approximate surface area is 178 Å². The third-order valence-corrected chi connectivity index (χ3v) is 5.76. The smallest absolute Gasteiger partial charge is 0.242 e. The summed E-state index contributed by atoms with van der Waals surface area (Å²) in [5.41, 5.74) is 3.12. The molecule has 2 aromatic carbocycles. The molecule has 4 aromatic rings. The Kier molecular flexibility index (Phi) is 5.67. The van der Waals surface area contributed by atoms with Gasteiger partial charge in [-0.25, -0.2) is 4.98 Å². The largest absolute Gasteiger partial charge is 0.497 e. The summed E-state index contributed by atoms with van der Waals surface area (Å²) >= 11 is 1.34. The lowest BCUT2D eigenvalue weighted by molar-refractivity contribution is -0.115. The Balaban J connectivity index is 1.68. The highest BCUT2D eigenvalue weighted by Gasteiger charge is 2.25. The standard InChI is InChI=1S/C22H21N5O2S/c1-14-12-19-25-26-22(27(19)15(2)23-14)30-20(16-8-5-4-6-9-16)21(28)24-17-10-7-11-18(13-17)29-3/h4-13,20H,1-3H3,(H,24,28). The average Bonchev–Trinajstić information content (AvgIpc) is 3.15. The number of rotatable bonds is 6. The number of benzene rings is 2. The average molecular weight is 420 g/mol. The van der Waals surface area contributed by atoms with Crippen LogP contribution in [0.5, 0.6) is 5.75 Å². The normalized spacial score (nSPS) is 12.0. The minimum atomic E-state index is -0.523. The molecule has 7 nitrogen and oxygen atoms in total. The summed E-state index contributed by atoms with van der Waals surface area (Å²) in [6.07, 6.45) is 0. The van der Waals surface area contributed by atoms with Gasteiger partial charge in [0.2, 0.25) is 5.91 Å². The fraction of sp³-hybridized carbons (Fsp3) is 0.182. The molecule has 0 aliphatic carbocycles. The maximum Gasteiger partial charge on any atom is 0.242 e. The first-order valence-electron chi connectivity index (χ1n) is 9.41. The summed E-state index contributed by atoms with van der Waals surface area (Å²) in [4.78, 5) is 17.8. The predicted molar refractivity (Wildman–Crippen MR) is 117 cm³/mol. The van der Waals surface area contributed by atoms with Crippen LogP contribution in [0.15, 0.2) is 65.8 Å². The first-order valence-corrected chi connectivity index (χ1v) is 10.3. The van der Waals surface area contributed by atoms with Gasteiger partial charge in [0.15, 0.2) is 10.8 Å². The summed E-state index contributed by atoms with van der Waals surface area (Å²) in [6, 6.07) is 18.8. The molecule has 152 valence electrons. The van der Waals surface area contributed by atoms with Crippen LogP contribution in [-0.4, -0.2) is 32.6 Å². The fourth-order valence-electron chi connectivity index (χ4n) is 3.19. The van der Waals surface area contributed by atoms with E-state index in [4.69, 9.17) is 4.74 Å². The third-order valence-electron chi connectivity index (χ3n) is 4.56. The zero-order chi connectivity index (χ0) is 21.1. The number of fused-ring (bicyclic) bond motifs is 1. The Morgan fingerprint density at radius 3 is 2.63 bits per heavy atom. The van der Waals surface area contributed by atoms with Gasteiger partial charge in [0, 0.05) is 23.5 Å². The molecule has 1 amide bonds. The molecule has 0 saturated carbocycles. The van der Waals surface area contributed by atoms with Gasteiger partial charge in [0.25, 0.3) is 0 Å². The monoisotopic (exact) mass is 419 g/mol. The van der Waals surface area contributed by atoms with E-state index in [0.717, 1.165) is 17.1 Å². The van der Waals surface area contributed by atoms with Crippen LogP contribution in [0.3, 0.4) is 0 Å². The summed E-state index contributed by atoms with van der Waals surface area (Å²) in [6.45, 7) is 3.82. The molecular weight excluding hydrogens is 398 g/mol. The molecule has 0 fully saturated rings. The molecular formula is C22H21N5O2S. The predicted octanol–water partition coefficient (Wildman–Crippen LogP) is 4.22. The van der Waals surface area contributed by atoms with Crippen molar-refractivity contribution in [3.8, 4) is 5.75 Å². The van der Waals surface area contributed by atoms with Crippen LogP contribution in [0.4, 0.5) is 5.69 Å². The molecule has 2 aromatic heterocycles. The number of anilines is 1. The highest BCUT2D eigenvalue weighted by molar-refractivity contribution is 8.00. The van der Waals surface area contributed by atoms with E-state index in [1.54, 1.807) is 13.2 Å². The maximum atomic E-state index is 13.3. The van der Waals surface area contributed by atoms with E-state index < -0.39 is 5.25 Å². The van der Waals surface area contributed by atoms with Gasteiger partial charge < -0.3 is 10.1 Å². The van der Waals surface area contributed by atoms with Gasteiger partial charge in [-0.05, 0) is 31.5 Å². The Bertz CT molecular complexity index is 1190. The van der Waals surface area contributed by atoms with Crippen LogP contribution in [-0.2, 0) is 4.79 Å². The maximum absolute atomic E-state index is 13.3. The number of hydrogen-bond donors (Lipinski definition) is 1. The molecule has 1 N–H and O–H groups in total. The Morgan fingerprint density at radius 2 is 1.87 bits per heavy atom. The molecule has 30 heavy (non-hydrogen) atoms. The summed E-state index contributed by atoms with van der Waals surface area (Å²) in [7, 11) is 1.60. The van der Waals surface area contributed by atoms with Crippen molar-refractivity contribution in [1.29, 1.82) is 0 Å². The number of ether oxygens (including phenoxy) is 1. The van der Waals surface area contributed by atoms with Gasteiger partial charge in [-0.3, -0.25) is 9.20 Å². The zero-order valence-electron chi connectivity index (χ0n) is 16.9. The summed E-state index contributed by atoms with van der Waals surface area (Å²) < 4.78 is 7.12. The van der Waals surface area contributed by atoms with Gasteiger partial charge in [-0.1, -0.05) is 48.2 Å². The van der Waals surface area contributed by atoms with Crippen LogP contribution in [0.1, 0.15) is 22.3 Å². The van der Waals surface area contributed by atoms with Crippen LogP contribution in [0.25, 0.3) is 5.65 Å². The van der Waals surface area contributed by atoms with Gasteiger partial charge in [0.1, 0.15) is 16.8 Å². The third kappa shape index (κ3) is 4.13. The summed E-state index contributed by atoms with van der Waals surface area (Å²) in [5.74, 6) is 1.30. The number of aryl methyl sites for hydroxylation is 2. The molecule has 1 unspecified atom stereocenters. The topological polar surface area (TPSA) is 81.4 Å². The van der Waals surface area contributed by atoms with E-state index in [0.29, 0.717) is 22.2 Å². The lowest BCUT2D eigenvalue weighted by Crippen LogP contribution is -2.19. The van der Waals surface area contributed by atoms with Crippen molar-refractivity contribution < 1.29 is 9.53 Å². The molecule has 0 spiro atoms. The van der Waals surface area contributed by atoms with E-state index in [1.165, 1.54) is 11.8 Å². The van der Waals surface area contributed by atoms with E-state index >= 15 is 0 Å². The quantitative estimate of drug-likeness (QED) is 0.471. The van der Waals surface area contributed by atoms with Crippen molar-refractivity contribution in [2.75, 3.05) is 12.4 Å². The summed E-state index contributed by atoms with van der Waals surface area (Å²) in [5, 5.41) is 11.7. The molecule has 0 aliphatic heterocycles. The minimum absolute atomic E-state index is 0.158. The van der Waals surface area contributed by atoms with Crippen molar-refractivity contribution in [1.82, 2.24) is 19.6 Å².